The van der Waals surface area contributed by atoms with Gasteiger partial charge in [-0.05, 0) is 31.3 Å². The van der Waals surface area contributed by atoms with E-state index in [1.807, 2.05) is 0 Å². The smallest absolute Gasteiger partial charge is 0.169 e. The van der Waals surface area contributed by atoms with Crippen molar-refractivity contribution in [2.24, 2.45) is 5.92 Å². The van der Waals surface area contributed by atoms with Crippen LogP contribution in [-0.4, -0.2) is 12.9 Å². The maximum Gasteiger partial charge on any atom is 0.169 e. The van der Waals surface area contributed by atoms with Gasteiger partial charge >= 0.3 is 0 Å². The van der Waals surface area contributed by atoms with Crippen molar-refractivity contribution in [3.8, 4) is 0 Å². The topological polar surface area (TPSA) is 26.3 Å². The summed E-state index contributed by atoms with van der Waals surface area (Å²) in [6.07, 6.45) is 8.80. The van der Waals surface area contributed by atoms with Gasteiger partial charge in [-0.3, -0.25) is 4.79 Å². The molecule has 2 aliphatic rings. The summed E-state index contributed by atoms with van der Waals surface area (Å²) in [5.74, 6) is 1.22. The van der Waals surface area contributed by atoms with E-state index in [0.717, 1.165) is 49.0 Å². The van der Waals surface area contributed by atoms with Crippen LogP contribution in [0.15, 0.2) is 35.6 Å². The van der Waals surface area contributed by atoms with Gasteiger partial charge in [0, 0.05) is 12.3 Å². The first kappa shape index (κ1) is 11.2. The Bertz CT molecular complexity index is 374. The monoisotopic (exact) mass is 218 g/mol. The maximum atomic E-state index is 12.3. The summed E-state index contributed by atoms with van der Waals surface area (Å²) in [6.45, 7) is 3.97. The molecule has 1 unspecified atom stereocenters. The Morgan fingerprint density at radius 3 is 2.88 bits per heavy atom. The lowest BCUT2D eigenvalue weighted by Gasteiger charge is -2.18. The molecule has 0 aliphatic heterocycles. The highest BCUT2D eigenvalue weighted by Crippen LogP contribution is 2.35. The Labute approximate surface area is 96.7 Å². The van der Waals surface area contributed by atoms with Gasteiger partial charge in [-0.25, -0.2) is 0 Å². The molecule has 2 aliphatic carbocycles. The quantitative estimate of drug-likeness (QED) is 0.680. The number of hydrogen-bond donors (Lipinski definition) is 0. The van der Waals surface area contributed by atoms with Crippen LogP contribution in [0.4, 0.5) is 0 Å². The number of carbonyl (C=O) groups is 1. The van der Waals surface area contributed by atoms with Gasteiger partial charge in [-0.15, -0.1) is 0 Å². The minimum atomic E-state index is 0.139. The van der Waals surface area contributed by atoms with E-state index < -0.39 is 0 Å². The van der Waals surface area contributed by atoms with E-state index in [4.69, 9.17) is 4.74 Å². The van der Waals surface area contributed by atoms with E-state index in [0.29, 0.717) is 0 Å². The summed E-state index contributed by atoms with van der Waals surface area (Å²) in [5.41, 5.74) is 1.74. The van der Waals surface area contributed by atoms with Crippen LogP contribution < -0.4 is 0 Å². The van der Waals surface area contributed by atoms with Crippen LogP contribution in [0, 0.1) is 5.92 Å². The average Bonchev–Trinajstić information content (AvgIpc) is 2.70. The van der Waals surface area contributed by atoms with E-state index in [9.17, 15) is 4.79 Å². The second-order valence-electron chi connectivity index (χ2n) is 4.45. The molecular weight excluding hydrogens is 200 g/mol. The summed E-state index contributed by atoms with van der Waals surface area (Å²) in [7, 11) is 1.64. The molecule has 0 aromatic rings. The predicted molar refractivity (Wildman–Crippen MR) is 63.9 cm³/mol. The second-order valence-corrected chi connectivity index (χ2v) is 4.45. The number of Topliss-reactive ketones (excluding diaryl/α,β-unsaturated/α-hetero) is 1. The Hall–Kier alpha value is -1.31. The highest BCUT2D eigenvalue weighted by atomic mass is 16.5. The van der Waals surface area contributed by atoms with E-state index >= 15 is 0 Å². The van der Waals surface area contributed by atoms with Crippen LogP contribution in [0.3, 0.4) is 0 Å². The van der Waals surface area contributed by atoms with E-state index in [1.54, 1.807) is 7.11 Å². The van der Waals surface area contributed by atoms with E-state index in [1.165, 1.54) is 0 Å². The Kier molecular flexibility index (Phi) is 3.28. The first-order valence-electron chi connectivity index (χ1n) is 5.88. The number of ether oxygens (including phenoxy) is 1. The minimum absolute atomic E-state index is 0.139. The van der Waals surface area contributed by atoms with Crippen molar-refractivity contribution in [2.45, 2.75) is 32.1 Å². The number of rotatable bonds is 3. The molecule has 1 atom stereocenters. The zero-order valence-corrected chi connectivity index (χ0v) is 9.79. The van der Waals surface area contributed by atoms with Crippen molar-refractivity contribution < 1.29 is 9.53 Å². The molecular formula is C14H18O2. The van der Waals surface area contributed by atoms with Gasteiger partial charge in [0.25, 0.3) is 0 Å². The number of allylic oxidation sites excluding steroid dienone is 5. The first-order chi connectivity index (χ1) is 7.74. The Morgan fingerprint density at radius 2 is 2.25 bits per heavy atom. The normalized spacial score (nSPS) is 25.1. The van der Waals surface area contributed by atoms with Gasteiger partial charge < -0.3 is 4.74 Å². The average molecular weight is 218 g/mol. The molecule has 0 N–H and O–H groups in total. The summed E-state index contributed by atoms with van der Waals surface area (Å²) in [5, 5.41) is 0. The third-order valence-electron chi connectivity index (χ3n) is 3.42. The zero-order valence-electron chi connectivity index (χ0n) is 9.79. The molecule has 0 radical (unpaired) electrons. The van der Waals surface area contributed by atoms with Crippen molar-refractivity contribution in [1.29, 1.82) is 0 Å². The van der Waals surface area contributed by atoms with Crippen molar-refractivity contribution in [2.75, 3.05) is 7.11 Å². The van der Waals surface area contributed by atoms with Crippen LogP contribution in [0.25, 0.3) is 0 Å². The molecule has 0 amide bonds. The molecule has 2 heteroatoms. The predicted octanol–water partition coefficient (Wildman–Crippen LogP) is 3.16. The molecule has 0 fully saturated rings. The molecule has 0 saturated heterocycles. The first-order valence-corrected chi connectivity index (χ1v) is 5.88. The van der Waals surface area contributed by atoms with Gasteiger partial charge in [0.2, 0.25) is 0 Å². The summed E-state index contributed by atoms with van der Waals surface area (Å²) in [4.78, 5) is 12.3. The molecule has 0 heterocycles. The third-order valence-corrected chi connectivity index (χ3v) is 3.42. The van der Waals surface area contributed by atoms with Crippen LogP contribution >= 0.6 is 0 Å². The van der Waals surface area contributed by atoms with Crippen molar-refractivity contribution >= 4 is 5.78 Å². The van der Waals surface area contributed by atoms with Gasteiger partial charge in [0.05, 0.1) is 12.7 Å². The van der Waals surface area contributed by atoms with Crippen LogP contribution in [0.2, 0.25) is 0 Å². The van der Waals surface area contributed by atoms with Crippen molar-refractivity contribution in [3.63, 3.8) is 0 Å². The molecule has 0 spiro atoms. The molecule has 16 heavy (non-hydrogen) atoms. The Balaban J connectivity index is 2.19. The highest BCUT2D eigenvalue weighted by molar-refractivity contribution is 6.02. The number of methoxy groups -OCH3 is 1. The van der Waals surface area contributed by atoms with Gasteiger partial charge in [0.15, 0.2) is 5.78 Å². The third kappa shape index (κ3) is 1.97. The van der Waals surface area contributed by atoms with Crippen molar-refractivity contribution in [3.05, 3.63) is 35.6 Å². The minimum Gasteiger partial charge on any atom is -0.500 e. The molecule has 86 valence electrons. The lowest BCUT2D eigenvalue weighted by atomic mass is 9.86. The largest absolute Gasteiger partial charge is 0.500 e. The summed E-state index contributed by atoms with van der Waals surface area (Å²) >= 11 is 0. The number of hydrogen-bond acceptors (Lipinski definition) is 2. The number of carbonyl (C=O) groups excluding carboxylic acids is 1. The summed E-state index contributed by atoms with van der Waals surface area (Å²) in [6, 6.07) is 0. The fraction of sp³-hybridized carbons (Fsp3) is 0.500. The lowest BCUT2D eigenvalue weighted by molar-refractivity contribution is -0.119. The summed E-state index contributed by atoms with van der Waals surface area (Å²) < 4.78 is 5.29. The maximum absolute atomic E-state index is 12.3. The zero-order chi connectivity index (χ0) is 11.5. The lowest BCUT2D eigenvalue weighted by Crippen LogP contribution is -2.18. The van der Waals surface area contributed by atoms with E-state index in [2.05, 4.69) is 18.7 Å². The van der Waals surface area contributed by atoms with Gasteiger partial charge in [0.1, 0.15) is 5.76 Å². The van der Waals surface area contributed by atoms with Crippen LogP contribution in [0.1, 0.15) is 32.1 Å². The second kappa shape index (κ2) is 4.69. The fourth-order valence-electron chi connectivity index (χ4n) is 2.46. The molecule has 0 aromatic heterocycles. The van der Waals surface area contributed by atoms with Crippen molar-refractivity contribution in [1.82, 2.24) is 0 Å². The van der Waals surface area contributed by atoms with Crippen LogP contribution in [0.5, 0.6) is 0 Å². The van der Waals surface area contributed by atoms with Crippen LogP contribution in [-0.2, 0) is 9.53 Å². The van der Waals surface area contributed by atoms with E-state index in [-0.39, 0.29) is 11.7 Å². The SMILES string of the molecule is C=C1CCC(OC)=C1C(=O)C1CC=CCC1. The van der Waals surface area contributed by atoms with Gasteiger partial charge in [-0.2, -0.15) is 0 Å². The fourth-order valence-corrected chi connectivity index (χ4v) is 2.46. The molecule has 2 nitrogen and oxygen atoms in total. The highest BCUT2D eigenvalue weighted by Gasteiger charge is 2.30. The molecule has 0 bridgehead atoms. The molecule has 2 rings (SSSR count). The standard InChI is InChI=1S/C14H18O2/c1-10-8-9-12(16-2)13(10)14(15)11-6-4-3-5-7-11/h3-4,11H,1,5-9H2,2H3. The molecule has 0 saturated carbocycles. The Morgan fingerprint density at radius 1 is 1.44 bits per heavy atom. The number of ketones is 1. The van der Waals surface area contributed by atoms with Gasteiger partial charge in [-0.1, -0.05) is 18.7 Å². The molecule has 0 aromatic carbocycles.